The Hall–Kier alpha value is -1.85. The van der Waals surface area contributed by atoms with Crippen molar-refractivity contribution in [3.63, 3.8) is 0 Å². The SMILES string of the molecule is O=[N+]([O-])c1cc(F)ccc1OC1OC(CO)C(O)C(O)C1O. The van der Waals surface area contributed by atoms with Crippen LogP contribution in [0.5, 0.6) is 5.75 Å². The second-order valence-electron chi connectivity index (χ2n) is 4.68. The second-order valence-corrected chi connectivity index (χ2v) is 4.68. The first-order valence-corrected chi connectivity index (χ1v) is 6.26. The van der Waals surface area contributed by atoms with Gasteiger partial charge in [0.15, 0.2) is 0 Å². The molecule has 0 spiro atoms. The summed E-state index contributed by atoms with van der Waals surface area (Å²) in [6.45, 7) is -0.670. The van der Waals surface area contributed by atoms with Crippen LogP contribution in [0.4, 0.5) is 10.1 Å². The Kier molecular flexibility index (Phi) is 4.88. The summed E-state index contributed by atoms with van der Waals surface area (Å²) in [5.41, 5.74) is -0.697. The lowest BCUT2D eigenvalue weighted by molar-refractivity contribution is -0.387. The molecule has 9 nitrogen and oxygen atoms in total. The van der Waals surface area contributed by atoms with Gasteiger partial charge < -0.3 is 29.9 Å². The Morgan fingerprint density at radius 3 is 2.55 bits per heavy atom. The maximum absolute atomic E-state index is 13.0. The summed E-state index contributed by atoms with van der Waals surface area (Å²) in [5.74, 6) is -1.25. The highest BCUT2D eigenvalue weighted by Crippen LogP contribution is 2.31. The van der Waals surface area contributed by atoms with E-state index >= 15 is 0 Å². The third kappa shape index (κ3) is 3.15. The molecule has 2 rings (SSSR count). The quantitative estimate of drug-likeness (QED) is 0.405. The van der Waals surface area contributed by atoms with Crippen molar-refractivity contribution >= 4 is 5.69 Å². The molecule has 1 heterocycles. The van der Waals surface area contributed by atoms with Gasteiger partial charge in [0.2, 0.25) is 12.0 Å². The lowest BCUT2D eigenvalue weighted by atomic mass is 9.99. The molecule has 1 fully saturated rings. The van der Waals surface area contributed by atoms with E-state index in [1.54, 1.807) is 0 Å². The molecule has 22 heavy (non-hydrogen) atoms. The van der Waals surface area contributed by atoms with Gasteiger partial charge in [-0.2, -0.15) is 0 Å². The molecule has 10 heteroatoms. The molecule has 0 amide bonds. The first-order chi connectivity index (χ1) is 10.3. The minimum atomic E-state index is -1.72. The maximum Gasteiger partial charge on any atom is 0.313 e. The van der Waals surface area contributed by atoms with Gasteiger partial charge in [-0.25, -0.2) is 4.39 Å². The van der Waals surface area contributed by atoms with Crippen LogP contribution >= 0.6 is 0 Å². The fourth-order valence-corrected chi connectivity index (χ4v) is 2.02. The van der Waals surface area contributed by atoms with Gasteiger partial charge in [0, 0.05) is 0 Å². The Balaban J connectivity index is 2.24. The molecule has 0 radical (unpaired) electrons. The monoisotopic (exact) mass is 319 g/mol. The molecule has 0 bridgehead atoms. The maximum atomic E-state index is 13.0. The molecular weight excluding hydrogens is 305 g/mol. The van der Waals surface area contributed by atoms with E-state index in [9.17, 15) is 29.8 Å². The molecule has 1 aliphatic rings. The second kappa shape index (κ2) is 6.50. The molecule has 1 saturated heterocycles. The molecule has 1 aliphatic heterocycles. The zero-order valence-corrected chi connectivity index (χ0v) is 11.1. The molecule has 5 atom stereocenters. The van der Waals surface area contributed by atoms with Crippen molar-refractivity contribution in [1.82, 2.24) is 0 Å². The molecule has 122 valence electrons. The van der Waals surface area contributed by atoms with Crippen molar-refractivity contribution in [3.05, 3.63) is 34.1 Å². The zero-order chi connectivity index (χ0) is 16.4. The van der Waals surface area contributed by atoms with Crippen LogP contribution in [-0.2, 0) is 4.74 Å². The summed E-state index contributed by atoms with van der Waals surface area (Å²) >= 11 is 0. The van der Waals surface area contributed by atoms with Gasteiger partial charge in [-0.1, -0.05) is 0 Å². The Morgan fingerprint density at radius 1 is 1.27 bits per heavy atom. The van der Waals surface area contributed by atoms with Gasteiger partial charge in [0.05, 0.1) is 17.6 Å². The van der Waals surface area contributed by atoms with E-state index in [0.29, 0.717) is 6.07 Å². The summed E-state index contributed by atoms with van der Waals surface area (Å²) in [7, 11) is 0. The number of ether oxygens (including phenoxy) is 2. The Bertz CT molecular complexity index is 554. The predicted molar refractivity (Wildman–Crippen MR) is 67.4 cm³/mol. The van der Waals surface area contributed by atoms with Crippen LogP contribution < -0.4 is 4.74 Å². The summed E-state index contributed by atoms with van der Waals surface area (Å²) in [5, 5.41) is 48.9. The first-order valence-electron chi connectivity index (χ1n) is 6.26. The highest BCUT2D eigenvalue weighted by Gasteiger charge is 2.45. The Labute approximate surface area is 123 Å². The molecule has 0 saturated carbocycles. The lowest BCUT2D eigenvalue weighted by Gasteiger charge is -2.39. The number of nitrogens with zero attached hydrogens (tertiary/aromatic N) is 1. The van der Waals surface area contributed by atoms with Gasteiger partial charge in [0.25, 0.3) is 0 Å². The highest BCUT2D eigenvalue weighted by atomic mass is 19.1. The fraction of sp³-hybridized carbons (Fsp3) is 0.500. The molecule has 0 aromatic heterocycles. The topological polar surface area (TPSA) is 143 Å². The number of hydrogen-bond acceptors (Lipinski definition) is 8. The molecule has 4 N–H and O–H groups in total. The van der Waals surface area contributed by atoms with Gasteiger partial charge in [0.1, 0.15) is 30.2 Å². The van der Waals surface area contributed by atoms with Gasteiger partial charge in [-0.15, -0.1) is 0 Å². The third-order valence-electron chi connectivity index (χ3n) is 3.21. The summed E-state index contributed by atoms with van der Waals surface area (Å²) in [6, 6.07) is 2.50. The van der Waals surface area contributed by atoms with E-state index in [1.807, 2.05) is 0 Å². The lowest BCUT2D eigenvalue weighted by Crippen LogP contribution is -2.60. The van der Waals surface area contributed by atoms with E-state index in [1.165, 1.54) is 0 Å². The van der Waals surface area contributed by atoms with Crippen LogP contribution in [0.2, 0.25) is 0 Å². The van der Waals surface area contributed by atoms with Gasteiger partial charge >= 0.3 is 5.69 Å². The van der Waals surface area contributed by atoms with E-state index in [0.717, 1.165) is 12.1 Å². The predicted octanol–water partition coefficient (Wildman–Crippen LogP) is -1.09. The standard InChI is InChI=1S/C12H14FNO8/c13-5-1-2-7(6(3-5)14(19)20)21-12-11(18)10(17)9(16)8(4-15)22-12/h1-3,8-12,15-18H,4H2. The van der Waals surface area contributed by atoms with Crippen molar-refractivity contribution in [3.8, 4) is 5.75 Å². The minimum absolute atomic E-state index is 0.393. The smallest absolute Gasteiger partial charge is 0.313 e. The number of aliphatic hydroxyl groups excluding tert-OH is 4. The molecular formula is C12H14FNO8. The summed E-state index contributed by atoms with van der Waals surface area (Å²) in [4.78, 5) is 9.97. The highest BCUT2D eigenvalue weighted by molar-refractivity contribution is 5.46. The number of hydrogen-bond donors (Lipinski definition) is 4. The summed E-state index contributed by atoms with van der Waals surface area (Å²) < 4.78 is 23.2. The van der Waals surface area contributed by atoms with Crippen LogP contribution in [0.25, 0.3) is 0 Å². The number of halogens is 1. The number of benzene rings is 1. The Morgan fingerprint density at radius 2 is 1.95 bits per heavy atom. The van der Waals surface area contributed by atoms with Crippen molar-refractivity contribution in [2.24, 2.45) is 0 Å². The zero-order valence-electron chi connectivity index (χ0n) is 11.1. The number of nitro groups is 1. The minimum Gasteiger partial charge on any atom is -0.455 e. The van der Waals surface area contributed by atoms with Crippen molar-refractivity contribution in [2.75, 3.05) is 6.61 Å². The van der Waals surface area contributed by atoms with Crippen LogP contribution in [0.1, 0.15) is 0 Å². The van der Waals surface area contributed by atoms with Crippen molar-refractivity contribution < 1.29 is 39.2 Å². The van der Waals surface area contributed by atoms with Crippen LogP contribution in [0.15, 0.2) is 18.2 Å². The van der Waals surface area contributed by atoms with Gasteiger partial charge in [-0.05, 0) is 12.1 Å². The number of aliphatic hydroxyl groups is 4. The van der Waals surface area contributed by atoms with E-state index < -0.39 is 59.5 Å². The van der Waals surface area contributed by atoms with Crippen molar-refractivity contribution in [2.45, 2.75) is 30.7 Å². The van der Waals surface area contributed by atoms with Crippen LogP contribution in [-0.4, -0.2) is 62.7 Å². The molecule has 0 aliphatic carbocycles. The van der Waals surface area contributed by atoms with E-state index in [4.69, 9.17) is 14.6 Å². The average Bonchev–Trinajstić information content (AvgIpc) is 2.49. The largest absolute Gasteiger partial charge is 0.455 e. The van der Waals surface area contributed by atoms with Crippen LogP contribution in [0.3, 0.4) is 0 Å². The van der Waals surface area contributed by atoms with Crippen LogP contribution in [0, 0.1) is 15.9 Å². The molecule has 1 aromatic carbocycles. The molecule has 5 unspecified atom stereocenters. The van der Waals surface area contributed by atoms with E-state index in [-0.39, 0.29) is 0 Å². The van der Waals surface area contributed by atoms with Gasteiger partial charge in [-0.3, -0.25) is 10.1 Å². The van der Waals surface area contributed by atoms with Crippen molar-refractivity contribution in [1.29, 1.82) is 0 Å². The number of nitro benzene ring substituents is 1. The average molecular weight is 319 g/mol. The summed E-state index contributed by atoms with van der Waals surface area (Å²) in [6.07, 6.45) is -7.79. The third-order valence-corrected chi connectivity index (χ3v) is 3.21. The fourth-order valence-electron chi connectivity index (χ4n) is 2.02. The van der Waals surface area contributed by atoms with E-state index in [2.05, 4.69) is 0 Å². The first kappa shape index (κ1) is 16.5. The molecule has 1 aromatic rings. The number of rotatable bonds is 4. The normalized spacial score (nSPS) is 31.8.